The molecule has 10 heteroatoms. The van der Waals surface area contributed by atoms with E-state index in [1.807, 2.05) is 30.3 Å². The third kappa shape index (κ3) is 5.20. The second-order valence-electron chi connectivity index (χ2n) is 6.73. The zero-order valence-corrected chi connectivity index (χ0v) is 16.3. The summed E-state index contributed by atoms with van der Waals surface area (Å²) in [6.07, 6.45) is 0. The number of oxime groups is 1. The van der Waals surface area contributed by atoms with Crippen LogP contribution in [0.3, 0.4) is 0 Å². The summed E-state index contributed by atoms with van der Waals surface area (Å²) in [5.41, 5.74) is 0.313. The van der Waals surface area contributed by atoms with E-state index in [1.165, 1.54) is 18.5 Å². The van der Waals surface area contributed by atoms with Crippen LogP contribution < -0.4 is 5.32 Å². The van der Waals surface area contributed by atoms with Crippen molar-refractivity contribution in [3.8, 4) is 0 Å². The molecular weight excluding hydrogens is 374 g/mol. The molecule has 0 atom stereocenters. The minimum Gasteiger partial charge on any atom is -0.389 e. The normalized spacial score (nSPS) is 11.9. The van der Waals surface area contributed by atoms with Crippen molar-refractivity contribution in [1.82, 2.24) is 25.2 Å². The molecule has 2 aromatic heterocycles. The Bertz CT molecular complexity index is 1010. The van der Waals surface area contributed by atoms with Gasteiger partial charge in [0.2, 0.25) is 5.82 Å². The van der Waals surface area contributed by atoms with Crippen LogP contribution in [0.1, 0.15) is 30.9 Å². The minimum atomic E-state index is -1.51. The summed E-state index contributed by atoms with van der Waals surface area (Å²) in [5.74, 6) is 0.209. The first-order valence-electron chi connectivity index (χ1n) is 8.82. The van der Waals surface area contributed by atoms with Gasteiger partial charge in [0.05, 0.1) is 5.69 Å². The Hall–Kier alpha value is -3.66. The van der Waals surface area contributed by atoms with Crippen LogP contribution in [-0.2, 0) is 23.3 Å². The van der Waals surface area contributed by atoms with Crippen molar-refractivity contribution in [2.75, 3.05) is 5.32 Å². The molecule has 2 heterocycles. The maximum Gasteiger partial charge on any atom is 0.256 e. The summed E-state index contributed by atoms with van der Waals surface area (Å²) in [5, 5.41) is 28.0. The predicted molar refractivity (Wildman–Crippen MR) is 105 cm³/mol. The lowest BCUT2D eigenvalue weighted by molar-refractivity contribution is -0.130. The quantitative estimate of drug-likeness (QED) is 0.456. The number of aliphatic hydroxyl groups is 1. The molecule has 1 aromatic carbocycles. The van der Waals surface area contributed by atoms with Crippen molar-refractivity contribution in [2.45, 2.75) is 26.1 Å². The third-order valence-corrected chi connectivity index (χ3v) is 3.85. The Morgan fingerprint density at radius 3 is 2.62 bits per heavy atom. The van der Waals surface area contributed by atoms with Crippen LogP contribution in [0, 0.1) is 0 Å². The van der Waals surface area contributed by atoms with Gasteiger partial charge in [-0.25, -0.2) is 9.67 Å². The zero-order chi connectivity index (χ0) is 20.9. The number of carbonyl (C=O) groups is 1. The first-order valence-corrected chi connectivity index (χ1v) is 8.82. The van der Waals surface area contributed by atoms with Gasteiger partial charge in [0, 0.05) is 12.6 Å². The number of pyridine rings is 1. The standard InChI is InChI=1S/C19H21N7O3/c1-19(2,28)18(27)21-15-11-7-10-14(20-15)12-29-23-16(13-8-5-4-6-9-13)17-22-24-25-26(17)3/h4-11,28H,12H2,1-3H3,(H,20,21,27)/b23-16-. The van der Waals surface area contributed by atoms with Crippen LogP contribution in [0.2, 0.25) is 0 Å². The van der Waals surface area contributed by atoms with Gasteiger partial charge in [0.25, 0.3) is 5.91 Å². The van der Waals surface area contributed by atoms with Gasteiger partial charge < -0.3 is 15.3 Å². The lowest BCUT2D eigenvalue weighted by Crippen LogP contribution is -2.36. The first-order chi connectivity index (χ1) is 13.8. The molecule has 0 bridgehead atoms. The summed E-state index contributed by atoms with van der Waals surface area (Å²) in [4.78, 5) is 21.7. The molecule has 0 unspecified atom stereocenters. The number of amides is 1. The monoisotopic (exact) mass is 395 g/mol. The number of hydrogen-bond donors (Lipinski definition) is 2. The molecule has 0 saturated heterocycles. The first kappa shape index (κ1) is 20.1. The molecule has 3 aromatic rings. The van der Waals surface area contributed by atoms with E-state index in [4.69, 9.17) is 4.84 Å². The Kier molecular flexibility index (Phi) is 5.93. The van der Waals surface area contributed by atoms with Gasteiger partial charge in [-0.15, -0.1) is 5.10 Å². The number of nitrogens with zero attached hydrogens (tertiary/aromatic N) is 6. The molecule has 0 aliphatic rings. The van der Waals surface area contributed by atoms with Gasteiger partial charge in [0.15, 0.2) is 12.3 Å². The Balaban J connectivity index is 1.76. The third-order valence-electron chi connectivity index (χ3n) is 3.85. The second-order valence-corrected chi connectivity index (χ2v) is 6.73. The van der Waals surface area contributed by atoms with Crippen LogP contribution in [0.15, 0.2) is 53.7 Å². The van der Waals surface area contributed by atoms with Gasteiger partial charge in [-0.3, -0.25) is 4.79 Å². The number of benzene rings is 1. The summed E-state index contributed by atoms with van der Waals surface area (Å²) in [6, 6.07) is 14.5. The van der Waals surface area contributed by atoms with Crippen LogP contribution >= 0.6 is 0 Å². The van der Waals surface area contributed by atoms with Crippen molar-refractivity contribution in [3.63, 3.8) is 0 Å². The van der Waals surface area contributed by atoms with E-state index in [0.717, 1.165) is 5.56 Å². The van der Waals surface area contributed by atoms with E-state index in [-0.39, 0.29) is 6.61 Å². The molecule has 0 aliphatic carbocycles. The average molecular weight is 395 g/mol. The fourth-order valence-corrected chi connectivity index (χ4v) is 2.31. The molecule has 0 aliphatic heterocycles. The molecule has 0 fully saturated rings. The number of hydrogen-bond acceptors (Lipinski definition) is 8. The van der Waals surface area contributed by atoms with Crippen molar-refractivity contribution >= 4 is 17.4 Å². The van der Waals surface area contributed by atoms with Crippen molar-refractivity contribution in [3.05, 3.63) is 65.6 Å². The van der Waals surface area contributed by atoms with Crippen LogP contribution in [-0.4, -0.2) is 47.5 Å². The SMILES string of the molecule is Cn1nnnc1/C(=N\OCc1cccc(NC(=O)C(C)(C)O)n1)c1ccccc1. The van der Waals surface area contributed by atoms with Crippen LogP contribution in [0.4, 0.5) is 5.82 Å². The van der Waals surface area contributed by atoms with Crippen LogP contribution in [0.25, 0.3) is 0 Å². The number of tetrazole rings is 1. The van der Waals surface area contributed by atoms with E-state index >= 15 is 0 Å². The summed E-state index contributed by atoms with van der Waals surface area (Å²) in [6.45, 7) is 2.86. The molecular formula is C19H21N7O3. The van der Waals surface area contributed by atoms with Gasteiger partial charge in [-0.05, 0) is 36.4 Å². The highest BCUT2D eigenvalue weighted by molar-refractivity contribution is 6.10. The fraction of sp³-hybridized carbons (Fsp3) is 0.263. The second kappa shape index (κ2) is 8.57. The number of carbonyl (C=O) groups excluding carboxylic acids is 1. The maximum absolute atomic E-state index is 11.9. The predicted octanol–water partition coefficient (Wildman–Crippen LogP) is 1.28. The number of rotatable bonds is 7. The topological polar surface area (TPSA) is 127 Å². The number of anilines is 1. The molecule has 3 rings (SSSR count). The number of aromatic nitrogens is 5. The van der Waals surface area contributed by atoms with Crippen LogP contribution in [0.5, 0.6) is 0 Å². The Labute approximate surface area is 167 Å². The van der Waals surface area contributed by atoms with Gasteiger partial charge in [0.1, 0.15) is 11.4 Å². The largest absolute Gasteiger partial charge is 0.389 e. The maximum atomic E-state index is 11.9. The van der Waals surface area contributed by atoms with E-state index < -0.39 is 11.5 Å². The molecule has 0 spiro atoms. The summed E-state index contributed by atoms with van der Waals surface area (Å²) in [7, 11) is 1.71. The van der Waals surface area contributed by atoms with E-state index in [0.29, 0.717) is 23.0 Å². The molecule has 150 valence electrons. The number of aryl methyl sites for hydroxylation is 1. The fourth-order valence-electron chi connectivity index (χ4n) is 2.31. The van der Waals surface area contributed by atoms with Gasteiger partial charge >= 0.3 is 0 Å². The zero-order valence-electron chi connectivity index (χ0n) is 16.3. The van der Waals surface area contributed by atoms with Crippen molar-refractivity contribution < 1.29 is 14.7 Å². The van der Waals surface area contributed by atoms with Crippen molar-refractivity contribution in [1.29, 1.82) is 0 Å². The molecule has 1 amide bonds. The highest BCUT2D eigenvalue weighted by Crippen LogP contribution is 2.12. The highest BCUT2D eigenvalue weighted by Gasteiger charge is 2.24. The molecule has 0 saturated carbocycles. The van der Waals surface area contributed by atoms with Gasteiger partial charge in [-0.2, -0.15) is 0 Å². The van der Waals surface area contributed by atoms with E-state index in [9.17, 15) is 9.90 Å². The minimum absolute atomic E-state index is 0.0633. The van der Waals surface area contributed by atoms with E-state index in [1.54, 1.807) is 25.2 Å². The lowest BCUT2D eigenvalue weighted by atomic mass is 10.1. The molecule has 0 radical (unpaired) electrons. The van der Waals surface area contributed by atoms with Gasteiger partial charge in [-0.1, -0.05) is 41.6 Å². The van der Waals surface area contributed by atoms with E-state index in [2.05, 4.69) is 31.0 Å². The van der Waals surface area contributed by atoms with Crippen molar-refractivity contribution in [2.24, 2.45) is 12.2 Å². The summed E-state index contributed by atoms with van der Waals surface area (Å²) >= 11 is 0. The number of nitrogens with one attached hydrogen (secondary N) is 1. The smallest absolute Gasteiger partial charge is 0.256 e. The average Bonchev–Trinajstić information content (AvgIpc) is 3.11. The molecule has 29 heavy (non-hydrogen) atoms. The lowest BCUT2D eigenvalue weighted by Gasteiger charge is -2.16. The molecule has 10 nitrogen and oxygen atoms in total. The Morgan fingerprint density at radius 1 is 1.21 bits per heavy atom. The molecule has 2 N–H and O–H groups in total. The Morgan fingerprint density at radius 2 is 1.97 bits per heavy atom. The highest BCUT2D eigenvalue weighted by atomic mass is 16.6. The summed E-state index contributed by atoms with van der Waals surface area (Å²) < 4.78 is 1.50.